The molecule has 0 saturated carbocycles. The van der Waals surface area contributed by atoms with E-state index in [1.165, 1.54) is 10.4 Å². The highest BCUT2D eigenvalue weighted by Gasteiger charge is 2.02. The van der Waals surface area contributed by atoms with Crippen LogP contribution in [0.1, 0.15) is 17.4 Å². The first-order valence-corrected chi connectivity index (χ1v) is 6.34. The van der Waals surface area contributed by atoms with Gasteiger partial charge in [-0.15, -0.1) is 22.7 Å². The van der Waals surface area contributed by atoms with Gasteiger partial charge in [-0.2, -0.15) is 0 Å². The molecule has 14 heavy (non-hydrogen) atoms. The van der Waals surface area contributed by atoms with Gasteiger partial charge in [0.1, 0.15) is 0 Å². The van der Waals surface area contributed by atoms with Crippen molar-refractivity contribution in [2.45, 2.75) is 19.9 Å². The highest BCUT2D eigenvalue weighted by atomic mass is 32.1. The van der Waals surface area contributed by atoms with E-state index in [2.05, 4.69) is 28.7 Å². The highest BCUT2D eigenvalue weighted by molar-refractivity contribution is 7.13. The van der Waals surface area contributed by atoms with Gasteiger partial charge in [-0.25, -0.2) is 4.98 Å². The summed E-state index contributed by atoms with van der Waals surface area (Å²) in [5.41, 5.74) is 1.44. The molecule has 0 aliphatic rings. The van der Waals surface area contributed by atoms with Crippen LogP contribution >= 0.6 is 22.7 Å². The molecule has 2 nitrogen and oxygen atoms in total. The number of thiophene rings is 1. The summed E-state index contributed by atoms with van der Waals surface area (Å²) in [6, 6.07) is 2.20. The maximum atomic E-state index is 4.18. The summed E-state index contributed by atoms with van der Waals surface area (Å²) in [4.78, 5) is 5.60. The first-order valence-electron chi connectivity index (χ1n) is 4.58. The van der Waals surface area contributed by atoms with Gasteiger partial charge < -0.3 is 5.32 Å². The number of hydrogen-bond acceptors (Lipinski definition) is 4. The lowest BCUT2D eigenvalue weighted by Crippen LogP contribution is -1.98. The molecule has 0 aliphatic carbocycles. The largest absolute Gasteiger partial charge is 0.357 e. The second-order valence-electron chi connectivity index (χ2n) is 2.91. The molecule has 4 heteroatoms. The fourth-order valence-electron chi connectivity index (χ4n) is 1.30. The molecule has 0 spiro atoms. The van der Waals surface area contributed by atoms with E-state index in [1.54, 1.807) is 11.3 Å². The smallest absolute Gasteiger partial charge is 0.182 e. The van der Waals surface area contributed by atoms with Crippen LogP contribution in [0, 0.1) is 0 Å². The van der Waals surface area contributed by atoms with Crippen LogP contribution in [0.2, 0.25) is 0 Å². The van der Waals surface area contributed by atoms with Gasteiger partial charge in [0.05, 0.1) is 6.54 Å². The van der Waals surface area contributed by atoms with Crippen molar-refractivity contribution in [3.05, 3.63) is 33.5 Å². The Bertz CT molecular complexity index is 378. The SMILES string of the molecule is CCc1ccsc1CNc1nccs1. The Morgan fingerprint density at radius 3 is 3.00 bits per heavy atom. The average Bonchev–Trinajstić information content (AvgIpc) is 2.85. The number of thiazole rings is 1. The van der Waals surface area contributed by atoms with Crippen LogP contribution in [0.4, 0.5) is 5.13 Å². The van der Waals surface area contributed by atoms with E-state index in [-0.39, 0.29) is 0 Å². The molecule has 0 radical (unpaired) electrons. The molecule has 0 aromatic carbocycles. The molecule has 1 N–H and O–H groups in total. The van der Waals surface area contributed by atoms with Gasteiger partial charge in [-0.3, -0.25) is 0 Å². The predicted molar refractivity (Wildman–Crippen MR) is 63.1 cm³/mol. The number of rotatable bonds is 4. The van der Waals surface area contributed by atoms with Crippen molar-refractivity contribution in [3.63, 3.8) is 0 Å². The van der Waals surface area contributed by atoms with Crippen LogP contribution in [-0.4, -0.2) is 4.98 Å². The molecule has 0 bridgehead atoms. The van der Waals surface area contributed by atoms with Crippen molar-refractivity contribution in [1.29, 1.82) is 0 Å². The van der Waals surface area contributed by atoms with Crippen LogP contribution in [-0.2, 0) is 13.0 Å². The molecule has 0 fully saturated rings. The Kier molecular flexibility index (Phi) is 3.16. The van der Waals surface area contributed by atoms with Crippen molar-refractivity contribution < 1.29 is 0 Å². The summed E-state index contributed by atoms with van der Waals surface area (Å²) in [5, 5.41) is 8.45. The van der Waals surface area contributed by atoms with E-state index in [0.717, 1.165) is 18.1 Å². The maximum absolute atomic E-state index is 4.18. The summed E-state index contributed by atoms with van der Waals surface area (Å²) >= 11 is 3.45. The molecule has 0 amide bonds. The van der Waals surface area contributed by atoms with Crippen LogP contribution in [0.3, 0.4) is 0 Å². The Morgan fingerprint density at radius 1 is 1.36 bits per heavy atom. The molecule has 2 heterocycles. The summed E-state index contributed by atoms with van der Waals surface area (Å²) in [6.45, 7) is 3.09. The standard InChI is InChI=1S/C10H12N2S2/c1-2-8-3-5-13-9(8)7-12-10-11-4-6-14-10/h3-6H,2,7H2,1H3,(H,11,12). The van der Waals surface area contributed by atoms with Gasteiger partial charge in [0.15, 0.2) is 5.13 Å². The summed E-state index contributed by atoms with van der Waals surface area (Å²) in [5.74, 6) is 0. The topological polar surface area (TPSA) is 24.9 Å². The van der Waals surface area contributed by atoms with Crippen LogP contribution < -0.4 is 5.32 Å². The van der Waals surface area contributed by atoms with Gasteiger partial charge in [-0.05, 0) is 23.4 Å². The van der Waals surface area contributed by atoms with Crippen molar-refractivity contribution in [2.75, 3.05) is 5.32 Å². The fourth-order valence-corrected chi connectivity index (χ4v) is 2.75. The number of hydrogen-bond donors (Lipinski definition) is 1. The van der Waals surface area contributed by atoms with Crippen molar-refractivity contribution in [3.8, 4) is 0 Å². The summed E-state index contributed by atoms with van der Waals surface area (Å²) in [6.07, 6.45) is 2.93. The van der Waals surface area contributed by atoms with Crippen molar-refractivity contribution in [2.24, 2.45) is 0 Å². The third-order valence-corrected chi connectivity index (χ3v) is 3.75. The fraction of sp³-hybridized carbons (Fsp3) is 0.300. The van der Waals surface area contributed by atoms with Crippen LogP contribution in [0.25, 0.3) is 0 Å². The van der Waals surface area contributed by atoms with E-state index in [1.807, 2.05) is 22.9 Å². The highest BCUT2D eigenvalue weighted by Crippen LogP contribution is 2.19. The quantitative estimate of drug-likeness (QED) is 0.861. The van der Waals surface area contributed by atoms with Crippen molar-refractivity contribution in [1.82, 2.24) is 4.98 Å². The normalized spacial score (nSPS) is 10.4. The Morgan fingerprint density at radius 2 is 2.29 bits per heavy atom. The molecule has 0 aliphatic heterocycles. The van der Waals surface area contributed by atoms with Gasteiger partial charge in [0.2, 0.25) is 0 Å². The monoisotopic (exact) mass is 224 g/mol. The minimum atomic E-state index is 0.897. The molecular weight excluding hydrogens is 212 g/mol. The summed E-state index contributed by atoms with van der Waals surface area (Å²) < 4.78 is 0. The minimum Gasteiger partial charge on any atom is -0.357 e. The van der Waals surface area contributed by atoms with Gasteiger partial charge in [-0.1, -0.05) is 6.92 Å². The Labute approximate surface area is 91.6 Å². The average molecular weight is 224 g/mol. The van der Waals surface area contributed by atoms with E-state index >= 15 is 0 Å². The molecule has 0 atom stereocenters. The number of nitrogens with zero attached hydrogens (tertiary/aromatic N) is 1. The number of aryl methyl sites for hydroxylation is 1. The zero-order chi connectivity index (χ0) is 9.80. The first kappa shape index (κ1) is 9.68. The zero-order valence-corrected chi connectivity index (χ0v) is 9.62. The first-order chi connectivity index (χ1) is 6.90. The van der Waals surface area contributed by atoms with E-state index < -0.39 is 0 Å². The summed E-state index contributed by atoms with van der Waals surface area (Å²) in [7, 11) is 0. The molecule has 2 rings (SSSR count). The zero-order valence-electron chi connectivity index (χ0n) is 7.99. The molecule has 0 unspecified atom stereocenters. The molecular formula is C10H12N2S2. The van der Waals surface area contributed by atoms with E-state index in [4.69, 9.17) is 0 Å². The minimum absolute atomic E-state index is 0.897. The van der Waals surface area contributed by atoms with Crippen molar-refractivity contribution >= 4 is 27.8 Å². The number of nitrogens with one attached hydrogen (secondary N) is 1. The molecule has 74 valence electrons. The third-order valence-electron chi connectivity index (χ3n) is 2.05. The number of aromatic nitrogens is 1. The van der Waals surface area contributed by atoms with E-state index in [9.17, 15) is 0 Å². The van der Waals surface area contributed by atoms with Crippen LogP contribution in [0.15, 0.2) is 23.0 Å². The lowest BCUT2D eigenvalue weighted by Gasteiger charge is -2.02. The van der Waals surface area contributed by atoms with Crippen LogP contribution in [0.5, 0.6) is 0 Å². The third kappa shape index (κ3) is 2.13. The Balaban J connectivity index is 1.98. The second kappa shape index (κ2) is 4.57. The van der Waals surface area contributed by atoms with E-state index in [0.29, 0.717) is 0 Å². The predicted octanol–water partition coefficient (Wildman–Crippen LogP) is 3.38. The lowest BCUT2D eigenvalue weighted by molar-refractivity contribution is 1.08. The Hall–Kier alpha value is -0.870. The lowest BCUT2D eigenvalue weighted by atomic mass is 10.2. The van der Waals surface area contributed by atoms with Gasteiger partial charge in [0.25, 0.3) is 0 Å². The maximum Gasteiger partial charge on any atom is 0.182 e. The molecule has 2 aromatic heterocycles. The molecule has 2 aromatic rings. The van der Waals surface area contributed by atoms with Gasteiger partial charge in [0, 0.05) is 16.5 Å². The van der Waals surface area contributed by atoms with Gasteiger partial charge >= 0.3 is 0 Å². The molecule has 0 saturated heterocycles. The second-order valence-corrected chi connectivity index (χ2v) is 4.81. The number of anilines is 1.